The molecular weight excluding hydrogens is 380 g/mol. The third-order valence-electron chi connectivity index (χ3n) is 4.00. The average Bonchev–Trinajstić information content (AvgIpc) is 2.55. The molecule has 0 aliphatic carbocycles. The number of rotatable bonds is 8. The van der Waals surface area contributed by atoms with Crippen LogP contribution in [-0.2, 0) is 14.9 Å². The van der Waals surface area contributed by atoms with Crippen molar-refractivity contribution in [2.24, 2.45) is 0 Å². The van der Waals surface area contributed by atoms with Crippen molar-refractivity contribution in [1.82, 2.24) is 0 Å². The van der Waals surface area contributed by atoms with Gasteiger partial charge in [0.2, 0.25) is 0 Å². The van der Waals surface area contributed by atoms with Crippen molar-refractivity contribution in [1.29, 1.82) is 0 Å². The number of esters is 1. The highest BCUT2D eigenvalue weighted by Crippen LogP contribution is 2.42. The number of alkyl halides is 3. The summed E-state index contributed by atoms with van der Waals surface area (Å²) in [5.74, 6) is -2.71. The maximum atomic E-state index is 14.2. The van der Waals surface area contributed by atoms with E-state index in [-0.39, 0.29) is 22.9 Å². The molecule has 0 saturated heterocycles. The lowest BCUT2D eigenvalue weighted by Crippen LogP contribution is -2.54. The zero-order valence-corrected chi connectivity index (χ0v) is 15.5. The molecule has 0 aromatic heterocycles. The molecule has 1 rings (SSSR count). The van der Waals surface area contributed by atoms with Gasteiger partial charge in [0, 0.05) is 5.56 Å². The Morgan fingerprint density at radius 2 is 1.88 bits per heavy atom. The summed E-state index contributed by atoms with van der Waals surface area (Å²) in [7, 11) is 1.17. The van der Waals surface area contributed by atoms with Crippen molar-refractivity contribution < 1.29 is 36.9 Å². The van der Waals surface area contributed by atoms with Gasteiger partial charge in [-0.05, 0) is 24.8 Å². The molecule has 4 nitrogen and oxygen atoms in total. The van der Waals surface area contributed by atoms with Gasteiger partial charge in [0.15, 0.2) is 23.3 Å². The maximum absolute atomic E-state index is 14.2. The van der Waals surface area contributed by atoms with Crippen LogP contribution in [0.2, 0.25) is 5.02 Å². The van der Waals surface area contributed by atoms with Crippen LogP contribution in [0.1, 0.15) is 32.8 Å². The summed E-state index contributed by atoms with van der Waals surface area (Å²) >= 11 is 5.69. The molecular formula is C17H21ClF4O4. The van der Waals surface area contributed by atoms with Crippen LogP contribution in [0.3, 0.4) is 0 Å². The fourth-order valence-electron chi connectivity index (χ4n) is 2.78. The Hall–Kier alpha value is -1.54. The first-order valence-corrected chi connectivity index (χ1v) is 8.14. The average molecular weight is 401 g/mol. The van der Waals surface area contributed by atoms with Crippen LogP contribution in [0.4, 0.5) is 17.6 Å². The number of ether oxygens (including phenoxy) is 2. The molecule has 2 atom stereocenters. The Labute approximate surface area is 154 Å². The summed E-state index contributed by atoms with van der Waals surface area (Å²) in [5, 5.41) is 10.2. The van der Waals surface area contributed by atoms with E-state index in [1.165, 1.54) is 40.0 Å². The fourth-order valence-corrected chi connectivity index (χ4v) is 2.93. The molecule has 0 radical (unpaired) electrons. The van der Waals surface area contributed by atoms with E-state index < -0.39 is 41.8 Å². The zero-order valence-electron chi connectivity index (χ0n) is 14.8. The number of methoxy groups -OCH3 is 1. The zero-order chi connectivity index (χ0) is 20.3. The SMILES string of the molecule is CCOC(=O)C(O)(CC(C)(C)c1ccc(Cl)c(F)c1OC)C(F)C(F)F. The second kappa shape index (κ2) is 8.43. The van der Waals surface area contributed by atoms with Crippen molar-refractivity contribution in [2.45, 2.75) is 50.8 Å². The number of benzene rings is 1. The normalized spacial score (nSPS) is 15.5. The number of carbonyl (C=O) groups is 1. The number of carbonyl (C=O) groups excluding carboxylic acids is 1. The van der Waals surface area contributed by atoms with Gasteiger partial charge in [-0.25, -0.2) is 22.4 Å². The number of aliphatic hydroxyl groups is 1. The highest BCUT2D eigenvalue weighted by molar-refractivity contribution is 6.30. The minimum atomic E-state index is -3.62. The second-order valence-electron chi connectivity index (χ2n) is 6.38. The topological polar surface area (TPSA) is 55.8 Å². The van der Waals surface area contributed by atoms with Crippen molar-refractivity contribution >= 4 is 17.6 Å². The molecule has 1 aromatic carbocycles. The largest absolute Gasteiger partial charge is 0.493 e. The van der Waals surface area contributed by atoms with Crippen LogP contribution < -0.4 is 4.74 Å². The lowest BCUT2D eigenvalue weighted by molar-refractivity contribution is -0.184. The maximum Gasteiger partial charge on any atom is 0.341 e. The van der Waals surface area contributed by atoms with Crippen molar-refractivity contribution in [3.63, 3.8) is 0 Å². The van der Waals surface area contributed by atoms with Gasteiger partial charge < -0.3 is 14.6 Å². The van der Waals surface area contributed by atoms with E-state index in [2.05, 4.69) is 4.74 Å². The van der Waals surface area contributed by atoms with Crippen LogP contribution >= 0.6 is 11.6 Å². The van der Waals surface area contributed by atoms with Crippen molar-refractivity contribution in [3.8, 4) is 5.75 Å². The molecule has 0 spiro atoms. The molecule has 0 amide bonds. The fraction of sp³-hybridized carbons (Fsp3) is 0.588. The van der Waals surface area contributed by atoms with Crippen LogP contribution in [0, 0.1) is 5.82 Å². The smallest absolute Gasteiger partial charge is 0.341 e. The van der Waals surface area contributed by atoms with E-state index >= 15 is 0 Å². The van der Waals surface area contributed by atoms with Gasteiger partial charge in [-0.1, -0.05) is 31.5 Å². The summed E-state index contributed by atoms with van der Waals surface area (Å²) in [6.07, 6.45) is -7.62. The Balaban J connectivity index is 3.42. The van der Waals surface area contributed by atoms with Crippen molar-refractivity contribution in [3.05, 3.63) is 28.5 Å². The summed E-state index contributed by atoms with van der Waals surface area (Å²) in [5.41, 5.74) is -4.36. The molecule has 0 aliphatic rings. The van der Waals surface area contributed by atoms with Crippen LogP contribution in [-0.4, -0.2) is 43.0 Å². The summed E-state index contributed by atoms with van der Waals surface area (Å²) in [6, 6.07) is 2.56. The monoisotopic (exact) mass is 400 g/mol. The van der Waals surface area contributed by atoms with Crippen LogP contribution in [0.25, 0.3) is 0 Å². The quantitative estimate of drug-likeness (QED) is 0.528. The van der Waals surface area contributed by atoms with Crippen LogP contribution in [0.5, 0.6) is 5.75 Å². The lowest BCUT2D eigenvalue weighted by Gasteiger charge is -2.37. The first-order valence-electron chi connectivity index (χ1n) is 7.76. The summed E-state index contributed by atoms with van der Waals surface area (Å²) < 4.78 is 63.7. The molecule has 0 bridgehead atoms. The summed E-state index contributed by atoms with van der Waals surface area (Å²) in [6.45, 7) is 3.98. The minimum absolute atomic E-state index is 0.117. The molecule has 0 fully saturated rings. The molecule has 26 heavy (non-hydrogen) atoms. The van der Waals surface area contributed by atoms with Gasteiger partial charge in [0.25, 0.3) is 6.43 Å². The number of hydrogen-bond acceptors (Lipinski definition) is 4. The Morgan fingerprint density at radius 3 is 2.35 bits per heavy atom. The predicted molar refractivity (Wildman–Crippen MR) is 88.1 cm³/mol. The van der Waals surface area contributed by atoms with Gasteiger partial charge in [0.1, 0.15) is 0 Å². The van der Waals surface area contributed by atoms with Gasteiger partial charge in [0.05, 0.1) is 18.7 Å². The van der Waals surface area contributed by atoms with Gasteiger partial charge in [-0.15, -0.1) is 0 Å². The van der Waals surface area contributed by atoms with Gasteiger partial charge in [-0.3, -0.25) is 0 Å². The molecule has 0 saturated carbocycles. The Bertz CT molecular complexity index is 654. The van der Waals surface area contributed by atoms with Crippen molar-refractivity contribution in [2.75, 3.05) is 13.7 Å². The van der Waals surface area contributed by atoms with Gasteiger partial charge in [-0.2, -0.15) is 0 Å². The Kier molecular flexibility index (Phi) is 7.30. The van der Waals surface area contributed by atoms with Crippen LogP contribution in [0.15, 0.2) is 12.1 Å². The molecule has 0 heterocycles. The Morgan fingerprint density at radius 1 is 1.31 bits per heavy atom. The van der Waals surface area contributed by atoms with E-state index in [0.717, 1.165) is 0 Å². The second-order valence-corrected chi connectivity index (χ2v) is 6.79. The molecule has 1 N–H and O–H groups in total. The lowest BCUT2D eigenvalue weighted by atomic mass is 9.73. The molecule has 1 aromatic rings. The first kappa shape index (κ1) is 22.5. The molecule has 9 heteroatoms. The molecule has 0 aliphatic heterocycles. The summed E-state index contributed by atoms with van der Waals surface area (Å²) in [4.78, 5) is 12.0. The number of halogens is 5. The van der Waals surface area contributed by atoms with E-state index in [1.807, 2.05) is 0 Å². The first-order chi connectivity index (χ1) is 11.9. The van der Waals surface area contributed by atoms with Gasteiger partial charge >= 0.3 is 5.97 Å². The number of hydrogen-bond donors (Lipinski definition) is 1. The predicted octanol–water partition coefficient (Wildman–Crippen LogP) is 4.05. The van der Waals surface area contributed by atoms with E-state index in [0.29, 0.717) is 0 Å². The minimum Gasteiger partial charge on any atom is -0.493 e. The highest BCUT2D eigenvalue weighted by Gasteiger charge is 2.54. The highest BCUT2D eigenvalue weighted by atomic mass is 35.5. The third kappa shape index (κ3) is 4.40. The standard InChI is InChI=1S/C17H21ClF4O4/c1-5-26-15(23)17(24,13(20)14(21)22)8-16(2,3)9-6-7-10(18)11(19)12(9)25-4/h6-7,13-14,24H,5,8H2,1-4H3. The molecule has 148 valence electrons. The van der Waals surface area contributed by atoms with E-state index in [1.54, 1.807) is 0 Å². The van der Waals surface area contributed by atoms with E-state index in [4.69, 9.17) is 16.3 Å². The third-order valence-corrected chi connectivity index (χ3v) is 4.29. The molecule has 2 unspecified atom stereocenters. The van der Waals surface area contributed by atoms with E-state index in [9.17, 15) is 27.5 Å².